The van der Waals surface area contributed by atoms with Gasteiger partial charge in [-0.2, -0.15) is 5.09 Å². The standard InChI is InChI=1S/C23H37N2O11P/c1-12(2)18(22(29)33-13(3)4)25-37(31,35-16-9-7-15(32-6)8-10-16)36-21-19(24-14(5)27)23(30)34-17(11-26)20(21)28/h7-10,12-13,17-21,23,26,28,30H,11H2,1-6H3,(H,24,27)(H,25,31)/t17-,18?,19-,20-,21-,23+,37?/m1/s1. The summed E-state index contributed by atoms with van der Waals surface area (Å²) in [5.74, 6) is -1.20. The van der Waals surface area contributed by atoms with E-state index >= 15 is 0 Å². The molecule has 0 saturated carbocycles. The summed E-state index contributed by atoms with van der Waals surface area (Å²) in [5, 5.41) is 35.8. The highest BCUT2D eigenvalue weighted by atomic mass is 31.2. The van der Waals surface area contributed by atoms with Crippen LogP contribution in [0.2, 0.25) is 0 Å². The number of hydrogen-bond donors (Lipinski definition) is 5. The number of benzene rings is 1. The molecule has 1 saturated heterocycles. The lowest BCUT2D eigenvalue weighted by Crippen LogP contribution is -2.64. The van der Waals surface area contributed by atoms with Gasteiger partial charge in [-0.05, 0) is 44.0 Å². The first-order valence-corrected chi connectivity index (χ1v) is 13.3. The van der Waals surface area contributed by atoms with Gasteiger partial charge in [0, 0.05) is 6.92 Å². The van der Waals surface area contributed by atoms with Gasteiger partial charge in [0.05, 0.1) is 19.8 Å². The van der Waals surface area contributed by atoms with Crippen LogP contribution in [0.3, 0.4) is 0 Å². The van der Waals surface area contributed by atoms with Gasteiger partial charge in [0.1, 0.15) is 41.9 Å². The summed E-state index contributed by atoms with van der Waals surface area (Å²) in [6.07, 6.45) is -6.75. The zero-order valence-electron chi connectivity index (χ0n) is 21.7. The van der Waals surface area contributed by atoms with Crippen LogP contribution in [-0.2, 0) is 28.2 Å². The van der Waals surface area contributed by atoms with Gasteiger partial charge in [-0.3, -0.25) is 14.1 Å². The SMILES string of the molecule is COc1ccc(OP(=O)(NC(C(=O)OC(C)C)C(C)C)O[C@H]2[C@H](O)[C@@H](CO)O[C@H](O)[C@@H]2NC(C)=O)cc1. The molecule has 1 heterocycles. The van der Waals surface area contributed by atoms with Crippen LogP contribution in [0.4, 0.5) is 0 Å². The molecule has 37 heavy (non-hydrogen) atoms. The molecule has 2 unspecified atom stereocenters. The number of methoxy groups -OCH3 is 1. The van der Waals surface area contributed by atoms with Crippen molar-refractivity contribution in [2.45, 2.75) is 77.4 Å². The lowest BCUT2D eigenvalue weighted by molar-refractivity contribution is -0.250. The monoisotopic (exact) mass is 548 g/mol. The summed E-state index contributed by atoms with van der Waals surface area (Å²) in [5.41, 5.74) is 0. The van der Waals surface area contributed by atoms with E-state index < -0.39 is 74.9 Å². The zero-order valence-corrected chi connectivity index (χ0v) is 22.6. The van der Waals surface area contributed by atoms with Crippen LogP contribution in [0.1, 0.15) is 34.6 Å². The molecule has 5 N–H and O–H groups in total. The largest absolute Gasteiger partial charge is 0.497 e. The molecule has 1 fully saturated rings. The molecule has 1 aliphatic rings. The van der Waals surface area contributed by atoms with E-state index in [1.807, 2.05) is 0 Å². The lowest BCUT2D eigenvalue weighted by Gasteiger charge is -2.43. The molecular formula is C23H37N2O11P. The maximum atomic E-state index is 14.2. The number of esters is 1. The van der Waals surface area contributed by atoms with Gasteiger partial charge in [0.25, 0.3) is 0 Å². The summed E-state index contributed by atoms with van der Waals surface area (Å²) in [6, 6.07) is 3.42. The minimum atomic E-state index is -4.57. The highest BCUT2D eigenvalue weighted by molar-refractivity contribution is 7.52. The Labute approximate surface area is 216 Å². The van der Waals surface area contributed by atoms with Gasteiger partial charge in [-0.25, -0.2) is 4.57 Å². The van der Waals surface area contributed by atoms with Crippen molar-refractivity contribution < 1.29 is 52.7 Å². The maximum Gasteiger partial charge on any atom is 0.459 e. The van der Waals surface area contributed by atoms with E-state index in [1.165, 1.54) is 19.2 Å². The van der Waals surface area contributed by atoms with E-state index in [1.54, 1.807) is 39.8 Å². The molecule has 2 rings (SSSR count). The van der Waals surface area contributed by atoms with Gasteiger partial charge < -0.3 is 39.4 Å². The highest BCUT2D eigenvalue weighted by Crippen LogP contribution is 2.48. The average molecular weight is 549 g/mol. The van der Waals surface area contributed by atoms with Crippen molar-refractivity contribution in [3.8, 4) is 11.5 Å². The first kappa shape index (κ1) is 31.0. The molecule has 1 aromatic rings. The molecule has 210 valence electrons. The average Bonchev–Trinajstić information content (AvgIpc) is 2.81. The second-order valence-corrected chi connectivity index (χ2v) is 10.8. The van der Waals surface area contributed by atoms with Gasteiger partial charge in [0.15, 0.2) is 6.29 Å². The van der Waals surface area contributed by atoms with Crippen molar-refractivity contribution in [1.82, 2.24) is 10.4 Å². The normalized spacial score (nSPS) is 26.3. The van der Waals surface area contributed by atoms with Crippen LogP contribution in [0.15, 0.2) is 24.3 Å². The number of nitrogens with one attached hydrogen (secondary N) is 2. The third-order valence-corrected chi connectivity index (χ3v) is 6.92. The summed E-state index contributed by atoms with van der Waals surface area (Å²) >= 11 is 0. The Bertz CT molecular complexity index is 943. The van der Waals surface area contributed by atoms with Crippen LogP contribution < -0.4 is 19.7 Å². The fourth-order valence-electron chi connectivity index (χ4n) is 3.56. The quantitative estimate of drug-likeness (QED) is 0.182. The number of carbonyl (C=O) groups excluding carboxylic acids is 2. The predicted molar refractivity (Wildman–Crippen MR) is 131 cm³/mol. The molecule has 0 bridgehead atoms. The van der Waals surface area contributed by atoms with E-state index in [0.717, 1.165) is 6.92 Å². The molecule has 0 radical (unpaired) electrons. The Morgan fingerprint density at radius 3 is 2.19 bits per heavy atom. The molecule has 14 heteroatoms. The van der Waals surface area contributed by atoms with Crippen molar-refractivity contribution >= 4 is 19.6 Å². The van der Waals surface area contributed by atoms with E-state index in [9.17, 15) is 29.5 Å². The van der Waals surface area contributed by atoms with Gasteiger partial charge in [-0.15, -0.1) is 0 Å². The van der Waals surface area contributed by atoms with Crippen molar-refractivity contribution in [2.75, 3.05) is 13.7 Å². The van der Waals surface area contributed by atoms with E-state index in [2.05, 4.69) is 10.4 Å². The Morgan fingerprint density at radius 1 is 1.11 bits per heavy atom. The van der Waals surface area contributed by atoms with Crippen LogP contribution in [0.25, 0.3) is 0 Å². The minimum absolute atomic E-state index is 0.0632. The van der Waals surface area contributed by atoms with Gasteiger partial charge in [-0.1, -0.05) is 13.8 Å². The number of carbonyl (C=O) groups is 2. The fraction of sp³-hybridized carbons (Fsp3) is 0.652. The molecule has 7 atom stereocenters. The maximum absolute atomic E-state index is 14.2. The fourth-order valence-corrected chi connectivity index (χ4v) is 5.44. The topological polar surface area (TPSA) is 182 Å². The van der Waals surface area contributed by atoms with E-state index in [-0.39, 0.29) is 5.75 Å². The first-order valence-electron chi connectivity index (χ1n) is 11.8. The Balaban J connectivity index is 2.49. The number of rotatable bonds is 12. The van der Waals surface area contributed by atoms with Crippen LogP contribution >= 0.6 is 7.75 Å². The Morgan fingerprint density at radius 2 is 1.70 bits per heavy atom. The van der Waals surface area contributed by atoms with Crippen molar-refractivity contribution in [2.24, 2.45) is 5.92 Å². The molecule has 0 aromatic heterocycles. The molecule has 13 nitrogen and oxygen atoms in total. The number of hydrogen-bond acceptors (Lipinski definition) is 11. The molecule has 0 aliphatic carbocycles. The summed E-state index contributed by atoms with van der Waals surface area (Å²) in [6.45, 7) is 7.14. The van der Waals surface area contributed by atoms with Crippen LogP contribution in [0.5, 0.6) is 11.5 Å². The second-order valence-electron chi connectivity index (χ2n) is 9.14. The Hall–Kier alpha value is -2.25. The number of aliphatic hydroxyl groups is 3. The third kappa shape index (κ3) is 8.64. The summed E-state index contributed by atoms with van der Waals surface area (Å²) in [7, 11) is -3.10. The van der Waals surface area contributed by atoms with Crippen molar-refractivity contribution in [3.05, 3.63) is 24.3 Å². The van der Waals surface area contributed by atoms with Gasteiger partial charge >= 0.3 is 13.7 Å². The summed E-state index contributed by atoms with van der Waals surface area (Å²) in [4.78, 5) is 24.6. The number of aliphatic hydroxyl groups excluding tert-OH is 3. The molecule has 0 spiro atoms. The number of amides is 1. The van der Waals surface area contributed by atoms with Crippen molar-refractivity contribution in [3.63, 3.8) is 0 Å². The third-order valence-electron chi connectivity index (χ3n) is 5.36. The molecule has 1 aliphatic heterocycles. The molecule has 1 amide bonds. The van der Waals surface area contributed by atoms with Crippen molar-refractivity contribution in [1.29, 1.82) is 0 Å². The van der Waals surface area contributed by atoms with E-state index in [0.29, 0.717) is 5.75 Å². The summed E-state index contributed by atoms with van der Waals surface area (Å²) < 4.78 is 41.2. The van der Waals surface area contributed by atoms with E-state index in [4.69, 9.17) is 23.3 Å². The molecule has 1 aromatic carbocycles. The van der Waals surface area contributed by atoms with Crippen LogP contribution in [-0.4, -0.2) is 83.7 Å². The van der Waals surface area contributed by atoms with Crippen LogP contribution in [0, 0.1) is 5.92 Å². The number of ether oxygens (including phenoxy) is 3. The highest BCUT2D eigenvalue weighted by Gasteiger charge is 2.50. The molecular weight excluding hydrogens is 511 g/mol. The second kappa shape index (κ2) is 13.5. The Kier molecular flexibility index (Phi) is 11.3. The first-order chi connectivity index (χ1) is 17.3. The minimum Gasteiger partial charge on any atom is -0.497 e. The zero-order chi connectivity index (χ0) is 27.9. The van der Waals surface area contributed by atoms with Gasteiger partial charge in [0.2, 0.25) is 5.91 Å². The smallest absolute Gasteiger partial charge is 0.459 e. The lowest BCUT2D eigenvalue weighted by atomic mass is 9.97. The predicted octanol–water partition coefficient (Wildman–Crippen LogP) is 0.708.